The van der Waals surface area contributed by atoms with Gasteiger partial charge in [0.15, 0.2) is 23.1 Å². The standard InChI is InChI=1S/C75H63F3O4/c1-4-6-8-10-12-18-36-74(37-19-13-11-9-7-5-2)64-42-56-50-34-30-47(45-26-24-44(3)25-27-45)38-60(50)66(68-70(79)52-20-14-15-21-53(52)71(68)80)62(56)40-58(64)59-41-63-57(43-65(59)74)51-35-31-48(46-28-32-49(33-29-46)75(76,77)78)39-61(51)67(63)69-72(81)54-22-16-17-23-55(54)73(69)82/h14-17,20-35,38-43H,4-13,18-19,36-37H2,1-3H3. The summed E-state index contributed by atoms with van der Waals surface area (Å²) in [4.78, 5) is 59.5. The molecule has 0 bridgehead atoms. The number of alkyl halides is 3. The second kappa shape index (κ2) is 20.9. The Bertz CT molecular complexity index is 3980. The molecule has 0 saturated carbocycles. The summed E-state index contributed by atoms with van der Waals surface area (Å²) in [5, 5.41) is 0. The largest absolute Gasteiger partial charge is 0.416 e. The normalized spacial score (nSPS) is 15.0. The molecule has 5 aliphatic rings. The van der Waals surface area contributed by atoms with Crippen molar-refractivity contribution < 1.29 is 32.3 Å². The Morgan fingerprint density at radius 3 is 1.07 bits per heavy atom. The molecule has 5 aliphatic carbocycles. The molecule has 0 fully saturated rings. The van der Waals surface area contributed by atoms with E-state index in [0.717, 1.165) is 143 Å². The molecule has 82 heavy (non-hydrogen) atoms. The Balaban J connectivity index is 1.06. The summed E-state index contributed by atoms with van der Waals surface area (Å²) in [7, 11) is 0. The quantitative estimate of drug-likeness (QED) is 0.0549. The second-order valence-corrected chi connectivity index (χ2v) is 23.4. The Labute approximate surface area is 477 Å². The molecule has 0 radical (unpaired) electrons. The average molecular weight is 1090 g/mol. The molecule has 8 aromatic carbocycles. The molecule has 7 heteroatoms. The lowest BCUT2D eigenvalue weighted by molar-refractivity contribution is -0.137. The molecular formula is C75H63F3O4. The Hall–Kier alpha value is -8.29. The predicted molar refractivity (Wildman–Crippen MR) is 322 cm³/mol. The number of halogens is 3. The van der Waals surface area contributed by atoms with Crippen LogP contribution in [0.1, 0.15) is 190 Å². The second-order valence-electron chi connectivity index (χ2n) is 23.4. The van der Waals surface area contributed by atoms with Gasteiger partial charge in [-0.25, -0.2) is 0 Å². The first-order chi connectivity index (χ1) is 39.8. The molecule has 0 atom stereocenters. The van der Waals surface area contributed by atoms with Crippen LogP contribution in [-0.4, -0.2) is 23.1 Å². The number of hydrogen-bond acceptors (Lipinski definition) is 4. The molecular weight excluding hydrogens is 1020 g/mol. The van der Waals surface area contributed by atoms with E-state index in [2.05, 4.69) is 87.5 Å². The number of carbonyl (C=O) groups is 4. The highest BCUT2D eigenvalue weighted by atomic mass is 19.4. The molecule has 0 saturated heterocycles. The monoisotopic (exact) mass is 1080 g/mol. The number of aryl methyl sites for hydroxylation is 1. The Morgan fingerprint density at radius 1 is 0.329 bits per heavy atom. The maximum atomic E-state index is 14.9. The molecule has 0 heterocycles. The maximum Gasteiger partial charge on any atom is 0.416 e. The third-order valence-electron chi connectivity index (χ3n) is 18.4. The number of unbranched alkanes of at least 4 members (excludes halogenated alkanes) is 10. The zero-order valence-electron chi connectivity index (χ0n) is 46.7. The van der Waals surface area contributed by atoms with E-state index in [-0.39, 0.29) is 34.3 Å². The molecule has 13 rings (SSSR count). The minimum absolute atomic E-state index is 0.0768. The van der Waals surface area contributed by atoms with Gasteiger partial charge in [0, 0.05) is 38.8 Å². The molecule has 0 aliphatic heterocycles. The molecule has 0 unspecified atom stereocenters. The number of rotatable bonds is 16. The summed E-state index contributed by atoms with van der Waals surface area (Å²) >= 11 is 0. The van der Waals surface area contributed by atoms with Crippen molar-refractivity contribution in [3.63, 3.8) is 0 Å². The number of benzene rings is 8. The van der Waals surface area contributed by atoms with E-state index in [1.54, 1.807) is 36.4 Å². The van der Waals surface area contributed by atoms with Crippen LogP contribution in [0.3, 0.4) is 0 Å². The summed E-state index contributed by atoms with van der Waals surface area (Å²) in [5.41, 5.74) is 17.3. The van der Waals surface area contributed by atoms with Crippen molar-refractivity contribution in [2.45, 2.75) is 122 Å². The van der Waals surface area contributed by atoms with Gasteiger partial charge < -0.3 is 0 Å². The molecule has 0 amide bonds. The Kier molecular flexibility index (Phi) is 13.5. The topological polar surface area (TPSA) is 68.3 Å². The lowest BCUT2D eigenvalue weighted by atomic mass is 9.69. The smallest absolute Gasteiger partial charge is 0.288 e. The van der Waals surface area contributed by atoms with Gasteiger partial charge in [-0.3, -0.25) is 19.2 Å². The van der Waals surface area contributed by atoms with Gasteiger partial charge in [-0.1, -0.05) is 206 Å². The van der Waals surface area contributed by atoms with E-state index >= 15 is 0 Å². The van der Waals surface area contributed by atoms with Gasteiger partial charge in [0.25, 0.3) is 0 Å². The van der Waals surface area contributed by atoms with Crippen molar-refractivity contribution in [3.8, 4) is 55.6 Å². The highest BCUT2D eigenvalue weighted by Gasteiger charge is 2.48. The van der Waals surface area contributed by atoms with Gasteiger partial charge in [-0.2, -0.15) is 13.2 Å². The summed E-state index contributed by atoms with van der Waals surface area (Å²) in [6.45, 7) is 6.55. The van der Waals surface area contributed by atoms with E-state index in [9.17, 15) is 32.3 Å². The summed E-state index contributed by atoms with van der Waals surface area (Å²) < 4.78 is 41.6. The SMILES string of the molecule is CCCCCCCCC1(CCCCCCCC)c2cc3c(cc2-c2cc4c(cc21)-c1ccc(-c2ccc(C(F)(F)F)cc2)cc1C4=C1C(=O)c2ccccc2C1=O)C(=C1C(=O)c2ccccc2C1=O)c1cc(-c2ccc(C)cc2)ccc1-3. The van der Waals surface area contributed by atoms with Crippen molar-refractivity contribution in [2.24, 2.45) is 0 Å². The number of allylic oxidation sites excluding steroid dienone is 2. The van der Waals surface area contributed by atoms with E-state index < -0.39 is 17.2 Å². The molecule has 408 valence electrons. The van der Waals surface area contributed by atoms with Crippen molar-refractivity contribution in [1.82, 2.24) is 0 Å². The number of hydrogen-bond donors (Lipinski definition) is 0. The van der Waals surface area contributed by atoms with E-state index in [1.165, 1.54) is 48.9 Å². The third kappa shape index (κ3) is 8.64. The molecule has 8 aromatic rings. The van der Waals surface area contributed by atoms with Crippen LogP contribution in [0.5, 0.6) is 0 Å². The maximum absolute atomic E-state index is 14.9. The van der Waals surface area contributed by atoms with Crippen LogP contribution in [0.2, 0.25) is 0 Å². The molecule has 0 spiro atoms. The van der Waals surface area contributed by atoms with Gasteiger partial charge in [-0.15, -0.1) is 0 Å². The number of fused-ring (bicyclic) bond motifs is 11. The lowest BCUT2D eigenvalue weighted by Crippen LogP contribution is -2.26. The van der Waals surface area contributed by atoms with Gasteiger partial charge >= 0.3 is 6.18 Å². The fourth-order valence-electron chi connectivity index (χ4n) is 14.2. The predicted octanol–water partition coefficient (Wildman–Crippen LogP) is 19.8. The zero-order valence-corrected chi connectivity index (χ0v) is 46.7. The fourth-order valence-corrected chi connectivity index (χ4v) is 14.2. The average Bonchev–Trinajstić information content (AvgIpc) is 3.35. The van der Waals surface area contributed by atoms with Crippen LogP contribution in [0.15, 0.2) is 169 Å². The van der Waals surface area contributed by atoms with Gasteiger partial charge in [-0.05, 0) is 157 Å². The first kappa shape index (κ1) is 53.0. The zero-order chi connectivity index (χ0) is 56.6. The highest BCUT2D eigenvalue weighted by Crippen LogP contribution is 2.62. The van der Waals surface area contributed by atoms with Crippen LogP contribution < -0.4 is 0 Å². The van der Waals surface area contributed by atoms with Crippen molar-refractivity contribution in [1.29, 1.82) is 0 Å². The highest BCUT2D eigenvalue weighted by molar-refractivity contribution is 6.45. The lowest BCUT2D eigenvalue weighted by Gasteiger charge is -2.33. The van der Waals surface area contributed by atoms with Crippen LogP contribution >= 0.6 is 0 Å². The first-order valence-corrected chi connectivity index (χ1v) is 29.6. The van der Waals surface area contributed by atoms with E-state index in [1.807, 2.05) is 30.3 Å². The summed E-state index contributed by atoms with van der Waals surface area (Å²) in [5.74, 6) is -1.30. The molecule has 0 N–H and O–H groups in total. The minimum atomic E-state index is -4.50. The van der Waals surface area contributed by atoms with Gasteiger partial charge in [0.05, 0.1) is 16.7 Å². The van der Waals surface area contributed by atoms with E-state index in [0.29, 0.717) is 50.1 Å². The van der Waals surface area contributed by atoms with Gasteiger partial charge in [0.1, 0.15) is 0 Å². The first-order valence-electron chi connectivity index (χ1n) is 29.6. The van der Waals surface area contributed by atoms with Crippen LogP contribution in [0.25, 0.3) is 66.8 Å². The third-order valence-corrected chi connectivity index (χ3v) is 18.4. The minimum Gasteiger partial charge on any atom is -0.288 e. The fraction of sp³-hybridized carbons (Fsp3) is 0.253. The molecule has 0 aromatic heterocycles. The van der Waals surface area contributed by atoms with E-state index in [4.69, 9.17) is 0 Å². The van der Waals surface area contributed by atoms with Crippen molar-refractivity contribution in [3.05, 3.63) is 236 Å². The number of Topliss-reactive ketones (excluding diaryl/α,β-unsaturated/α-hetero) is 4. The summed E-state index contributed by atoms with van der Waals surface area (Å²) in [6.07, 6.45) is 10.8. The van der Waals surface area contributed by atoms with Crippen LogP contribution in [0, 0.1) is 6.92 Å². The van der Waals surface area contributed by atoms with Crippen LogP contribution in [0.4, 0.5) is 13.2 Å². The number of ketones is 4. The number of carbonyl (C=O) groups excluding carboxylic acids is 4. The Morgan fingerprint density at radius 2 is 0.683 bits per heavy atom. The molecule has 4 nitrogen and oxygen atoms in total. The van der Waals surface area contributed by atoms with Crippen molar-refractivity contribution in [2.75, 3.05) is 0 Å². The van der Waals surface area contributed by atoms with Crippen molar-refractivity contribution >= 4 is 34.3 Å². The van der Waals surface area contributed by atoms with Gasteiger partial charge in [0.2, 0.25) is 0 Å². The van der Waals surface area contributed by atoms with Crippen LogP contribution in [-0.2, 0) is 11.6 Å². The summed E-state index contributed by atoms with van der Waals surface area (Å²) in [6, 6.07) is 49.1.